The summed E-state index contributed by atoms with van der Waals surface area (Å²) in [4.78, 5) is 16.5. The summed E-state index contributed by atoms with van der Waals surface area (Å²) in [6, 6.07) is 9.55. The number of amides is 1. The predicted octanol–water partition coefficient (Wildman–Crippen LogP) is 2.27. The van der Waals surface area contributed by atoms with E-state index in [0.29, 0.717) is 32.4 Å². The maximum absolute atomic E-state index is 12.4. The van der Waals surface area contributed by atoms with Crippen molar-refractivity contribution in [2.45, 2.75) is 58.2 Å². The lowest BCUT2D eigenvalue weighted by atomic mass is 9.99. The number of carbonyl (C=O) groups is 1. The number of aliphatic hydroxyl groups is 1. The second-order valence-corrected chi connectivity index (χ2v) is 8.41. The number of piperidine rings is 1. The molecule has 1 saturated heterocycles. The Morgan fingerprint density at radius 1 is 1.27 bits per heavy atom. The van der Waals surface area contributed by atoms with Crippen molar-refractivity contribution < 1.29 is 9.90 Å². The van der Waals surface area contributed by atoms with E-state index < -0.39 is 6.10 Å². The molecular formula is C22H34N6O2. The van der Waals surface area contributed by atoms with Crippen molar-refractivity contribution in [3.63, 3.8) is 0 Å². The Hall–Kier alpha value is -2.32. The SMILES string of the molecule is CC1CCN(Cc2nnnn2CCCC(=O)N(C)CC[C@@H](O)c2ccccc2)CC1. The monoisotopic (exact) mass is 414 g/mol. The van der Waals surface area contributed by atoms with E-state index in [-0.39, 0.29) is 5.91 Å². The molecule has 1 aromatic heterocycles. The van der Waals surface area contributed by atoms with E-state index in [0.717, 1.165) is 36.9 Å². The number of carbonyl (C=O) groups excluding carboxylic acids is 1. The molecule has 30 heavy (non-hydrogen) atoms. The Bertz CT molecular complexity index is 773. The van der Waals surface area contributed by atoms with Gasteiger partial charge in [-0.15, -0.1) is 5.10 Å². The third kappa shape index (κ3) is 6.60. The van der Waals surface area contributed by atoms with Gasteiger partial charge in [0.05, 0.1) is 12.6 Å². The van der Waals surface area contributed by atoms with Crippen molar-refractivity contribution in [1.82, 2.24) is 30.0 Å². The second-order valence-electron chi connectivity index (χ2n) is 8.41. The van der Waals surface area contributed by atoms with Crippen molar-refractivity contribution in [3.05, 3.63) is 41.7 Å². The zero-order chi connectivity index (χ0) is 21.3. The summed E-state index contributed by atoms with van der Waals surface area (Å²) in [6.07, 6.45) is 3.56. The number of tetrazole rings is 1. The van der Waals surface area contributed by atoms with Crippen LogP contribution in [0, 0.1) is 5.92 Å². The molecule has 1 aliphatic rings. The fourth-order valence-corrected chi connectivity index (χ4v) is 3.78. The van der Waals surface area contributed by atoms with E-state index >= 15 is 0 Å². The lowest BCUT2D eigenvalue weighted by Crippen LogP contribution is -2.33. The van der Waals surface area contributed by atoms with Crippen LogP contribution >= 0.6 is 0 Å². The number of aromatic nitrogens is 4. The fraction of sp³-hybridized carbons (Fsp3) is 0.636. The molecule has 0 radical (unpaired) electrons. The summed E-state index contributed by atoms with van der Waals surface area (Å²) in [7, 11) is 1.79. The summed E-state index contributed by atoms with van der Waals surface area (Å²) in [5, 5.41) is 22.4. The number of likely N-dealkylation sites (tertiary alicyclic amines) is 1. The molecular weight excluding hydrogens is 380 g/mol. The third-order valence-corrected chi connectivity index (χ3v) is 5.96. The third-order valence-electron chi connectivity index (χ3n) is 5.96. The highest BCUT2D eigenvalue weighted by atomic mass is 16.3. The highest BCUT2D eigenvalue weighted by Crippen LogP contribution is 2.18. The van der Waals surface area contributed by atoms with Crippen molar-refractivity contribution in [3.8, 4) is 0 Å². The van der Waals surface area contributed by atoms with E-state index in [1.165, 1.54) is 12.8 Å². The predicted molar refractivity (Wildman–Crippen MR) is 114 cm³/mol. The molecule has 3 rings (SSSR count). The molecule has 0 aliphatic carbocycles. The molecule has 0 saturated carbocycles. The molecule has 0 spiro atoms. The molecule has 1 aliphatic heterocycles. The van der Waals surface area contributed by atoms with Crippen molar-refractivity contribution in [1.29, 1.82) is 0 Å². The Balaban J connectivity index is 1.37. The standard InChI is InChI=1S/C22H34N6O2/c1-18-10-15-27(16-11-18)17-21-23-24-25-28(21)13-6-9-22(30)26(2)14-12-20(29)19-7-4-3-5-8-19/h3-5,7-8,18,20,29H,6,9-17H2,1-2H3/t20-/m1/s1. The van der Waals surface area contributed by atoms with Crippen molar-refractivity contribution in [2.75, 3.05) is 26.7 Å². The molecule has 1 fully saturated rings. The van der Waals surface area contributed by atoms with Gasteiger partial charge in [-0.3, -0.25) is 9.69 Å². The summed E-state index contributed by atoms with van der Waals surface area (Å²) >= 11 is 0. The Morgan fingerprint density at radius 2 is 2.00 bits per heavy atom. The maximum Gasteiger partial charge on any atom is 0.222 e. The normalized spacial score (nSPS) is 16.5. The Kier molecular flexibility index (Phi) is 8.33. The van der Waals surface area contributed by atoms with Gasteiger partial charge < -0.3 is 10.0 Å². The maximum atomic E-state index is 12.4. The smallest absolute Gasteiger partial charge is 0.222 e. The van der Waals surface area contributed by atoms with Gasteiger partial charge in [0.15, 0.2) is 5.82 Å². The van der Waals surface area contributed by atoms with Gasteiger partial charge in [-0.05, 0) is 60.7 Å². The first-order chi connectivity index (χ1) is 14.5. The molecule has 1 aromatic carbocycles. The van der Waals surface area contributed by atoms with Gasteiger partial charge in [-0.2, -0.15) is 0 Å². The van der Waals surface area contributed by atoms with E-state index in [4.69, 9.17) is 0 Å². The zero-order valence-corrected chi connectivity index (χ0v) is 18.2. The minimum atomic E-state index is -0.553. The first-order valence-corrected chi connectivity index (χ1v) is 11.0. The average Bonchev–Trinajstić information content (AvgIpc) is 3.20. The molecule has 0 bridgehead atoms. The largest absolute Gasteiger partial charge is 0.388 e. The van der Waals surface area contributed by atoms with Gasteiger partial charge >= 0.3 is 0 Å². The minimum absolute atomic E-state index is 0.0786. The highest BCUT2D eigenvalue weighted by Gasteiger charge is 2.19. The van der Waals surface area contributed by atoms with Crippen LogP contribution in [0.4, 0.5) is 0 Å². The lowest BCUT2D eigenvalue weighted by molar-refractivity contribution is -0.130. The fourth-order valence-electron chi connectivity index (χ4n) is 3.78. The van der Waals surface area contributed by atoms with Crippen molar-refractivity contribution in [2.24, 2.45) is 5.92 Å². The number of benzene rings is 1. The molecule has 1 atom stereocenters. The number of nitrogens with zero attached hydrogens (tertiary/aromatic N) is 6. The van der Waals surface area contributed by atoms with Crippen LogP contribution in [0.25, 0.3) is 0 Å². The molecule has 2 heterocycles. The van der Waals surface area contributed by atoms with Gasteiger partial charge in [-0.1, -0.05) is 37.3 Å². The Labute approximate surface area is 178 Å². The summed E-state index contributed by atoms with van der Waals surface area (Å²) in [6.45, 7) is 6.41. The molecule has 2 aromatic rings. The van der Waals surface area contributed by atoms with Crippen molar-refractivity contribution >= 4 is 5.91 Å². The Morgan fingerprint density at radius 3 is 2.73 bits per heavy atom. The molecule has 8 nitrogen and oxygen atoms in total. The van der Waals surface area contributed by atoms with Gasteiger partial charge in [0.2, 0.25) is 5.91 Å². The highest BCUT2D eigenvalue weighted by molar-refractivity contribution is 5.75. The number of aliphatic hydroxyl groups excluding tert-OH is 1. The first-order valence-electron chi connectivity index (χ1n) is 11.0. The number of rotatable bonds is 10. The van der Waals surface area contributed by atoms with Crippen LogP contribution in [0.1, 0.15) is 56.5 Å². The molecule has 8 heteroatoms. The molecule has 1 amide bonds. The van der Waals surface area contributed by atoms with Crippen LogP contribution in [0.3, 0.4) is 0 Å². The van der Waals surface area contributed by atoms with Gasteiger partial charge in [0, 0.05) is 26.6 Å². The minimum Gasteiger partial charge on any atom is -0.388 e. The van der Waals surface area contributed by atoms with E-state index in [9.17, 15) is 9.90 Å². The van der Waals surface area contributed by atoms with E-state index in [1.807, 2.05) is 35.0 Å². The van der Waals surface area contributed by atoms with Crippen LogP contribution < -0.4 is 0 Å². The van der Waals surface area contributed by atoms with Gasteiger partial charge in [0.1, 0.15) is 0 Å². The first kappa shape index (κ1) is 22.4. The molecule has 1 N–H and O–H groups in total. The van der Waals surface area contributed by atoms with E-state index in [2.05, 4.69) is 27.3 Å². The van der Waals surface area contributed by atoms with Crippen LogP contribution in [0.2, 0.25) is 0 Å². The lowest BCUT2D eigenvalue weighted by Gasteiger charge is -2.29. The molecule has 0 unspecified atom stereocenters. The van der Waals surface area contributed by atoms with Gasteiger partial charge in [-0.25, -0.2) is 4.68 Å². The molecule has 164 valence electrons. The van der Waals surface area contributed by atoms with Crippen LogP contribution in [0.15, 0.2) is 30.3 Å². The topological polar surface area (TPSA) is 87.4 Å². The summed E-state index contributed by atoms with van der Waals surface area (Å²) in [5.41, 5.74) is 0.882. The van der Waals surface area contributed by atoms with Gasteiger partial charge in [0.25, 0.3) is 0 Å². The number of hydrogen-bond donors (Lipinski definition) is 1. The van der Waals surface area contributed by atoms with Crippen LogP contribution in [-0.4, -0.2) is 67.7 Å². The zero-order valence-electron chi connectivity index (χ0n) is 18.2. The number of hydrogen-bond acceptors (Lipinski definition) is 6. The quantitative estimate of drug-likeness (QED) is 0.642. The number of aryl methyl sites for hydroxylation is 1. The van der Waals surface area contributed by atoms with Crippen LogP contribution in [-0.2, 0) is 17.9 Å². The summed E-state index contributed by atoms with van der Waals surface area (Å²) < 4.78 is 1.82. The van der Waals surface area contributed by atoms with Crippen LogP contribution in [0.5, 0.6) is 0 Å². The van der Waals surface area contributed by atoms with E-state index in [1.54, 1.807) is 11.9 Å². The second kappa shape index (κ2) is 11.2. The average molecular weight is 415 g/mol. The summed E-state index contributed by atoms with van der Waals surface area (Å²) in [5.74, 6) is 1.75.